The summed E-state index contributed by atoms with van der Waals surface area (Å²) < 4.78 is -0.690. The van der Waals surface area contributed by atoms with E-state index < -0.39 is 28.7 Å². The third kappa shape index (κ3) is 5.87. The molecule has 1 spiro atoms. The first kappa shape index (κ1) is 31.4. The quantitative estimate of drug-likeness (QED) is 0.235. The lowest BCUT2D eigenvalue weighted by molar-refractivity contribution is -0.146. The van der Waals surface area contributed by atoms with Crippen LogP contribution in [0.25, 0.3) is 0 Å². The normalized spacial score (nSPS) is 27.1. The van der Waals surface area contributed by atoms with Crippen molar-refractivity contribution < 1.29 is 19.5 Å². The van der Waals surface area contributed by atoms with Gasteiger partial charge in [0.25, 0.3) is 0 Å². The van der Waals surface area contributed by atoms with Crippen molar-refractivity contribution in [1.29, 1.82) is 0 Å². The van der Waals surface area contributed by atoms with E-state index in [4.69, 9.17) is 0 Å². The summed E-state index contributed by atoms with van der Waals surface area (Å²) in [5.41, 5.74) is 0.773. The number of fused-ring (bicyclic) bond motifs is 1. The number of anilines is 1. The lowest BCUT2D eigenvalue weighted by atomic mass is 9.70. The molecule has 0 aliphatic carbocycles. The van der Waals surface area contributed by atoms with E-state index in [-0.39, 0.29) is 35.5 Å². The van der Waals surface area contributed by atoms with Crippen LogP contribution in [0.5, 0.6) is 0 Å². The number of unbranched alkanes of at least 4 members (excludes halogenated alkanes) is 2. The molecular weight excluding hydrogens is 534 g/mol. The standard InChI is InChI=1S/C33H47N3O4S/c1-6-9-13-20-34(18-7-2)32(40)29-33-17-16-26(41-33)27(28(33)31(39)36(29)25(22-37)21-23(4)5)30(38)35(19-8-3)24-14-11-10-12-15-24/h7-8,10-12,14-15,23,25-29,37H,2-3,6,9,13,16-22H2,1,4-5H3/t25-,26-,27+,28+,29?,33?/m1/s1. The Morgan fingerprint density at radius 1 is 1.15 bits per heavy atom. The molecule has 224 valence electrons. The fraction of sp³-hybridized carbons (Fsp3) is 0.606. The van der Waals surface area contributed by atoms with Crippen LogP contribution in [0.2, 0.25) is 0 Å². The van der Waals surface area contributed by atoms with Crippen LogP contribution in [0.3, 0.4) is 0 Å². The zero-order valence-electron chi connectivity index (χ0n) is 24.9. The van der Waals surface area contributed by atoms with Gasteiger partial charge in [-0.05, 0) is 43.7 Å². The highest BCUT2D eigenvalue weighted by molar-refractivity contribution is 8.02. The number of aliphatic hydroxyl groups is 1. The van der Waals surface area contributed by atoms with Crippen LogP contribution >= 0.6 is 11.8 Å². The smallest absolute Gasteiger partial charge is 0.247 e. The summed E-state index contributed by atoms with van der Waals surface area (Å²) in [6, 6.07) is 8.33. The monoisotopic (exact) mass is 581 g/mol. The zero-order chi connectivity index (χ0) is 29.7. The Balaban J connectivity index is 1.77. The summed E-state index contributed by atoms with van der Waals surface area (Å²) in [5.74, 6) is -1.23. The Labute approximate surface area is 250 Å². The van der Waals surface area contributed by atoms with Gasteiger partial charge in [-0.2, -0.15) is 0 Å². The van der Waals surface area contributed by atoms with Crippen LogP contribution in [0.1, 0.15) is 59.3 Å². The number of benzene rings is 1. The molecule has 3 saturated heterocycles. The molecule has 1 N–H and O–H groups in total. The van der Waals surface area contributed by atoms with Crippen LogP contribution in [-0.4, -0.2) is 80.9 Å². The van der Waals surface area contributed by atoms with Gasteiger partial charge < -0.3 is 19.8 Å². The largest absolute Gasteiger partial charge is 0.394 e. The predicted octanol–water partition coefficient (Wildman–Crippen LogP) is 4.91. The molecule has 0 radical (unpaired) electrons. The zero-order valence-corrected chi connectivity index (χ0v) is 25.7. The van der Waals surface area contributed by atoms with E-state index in [9.17, 15) is 19.5 Å². The van der Waals surface area contributed by atoms with Crippen molar-refractivity contribution >= 4 is 35.2 Å². The van der Waals surface area contributed by atoms with Crippen LogP contribution in [-0.2, 0) is 14.4 Å². The van der Waals surface area contributed by atoms with Crippen LogP contribution in [0.15, 0.2) is 55.6 Å². The number of likely N-dealkylation sites (tertiary alicyclic amines) is 1. The highest BCUT2D eigenvalue weighted by Gasteiger charge is 2.74. The van der Waals surface area contributed by atoms with E-state index in [1.54, 1.807) is 33.7 Å². The maximum atomic E-state index is 14.6. The maximum Gasteiger partial charge on any atom is 0.247 e. The molecule has 0 aromatic heterocycles. The summed E-state index contributed by atoms with van der Waals surface area (Å²) in [7, 11) is 0. The maximum absolute atomic E-state index is 14.6. The van der Waals surface area contributed by atoms with E-state index in [1.165, 1.54) is 0 Å². The van der Waals surface area contributed by atoms with Crippen molar-refractivity contribution in [2.24, 2.45) is 17.8 Å². The molecule has 3 aliphatic rings. The SMILES string of the molecule is C=CCN(CCCCC)C(=O)C1N([C@@H](CO)CC(C)C)C(=O)[C@@H]2[C@@H](C(=O)N(CC=C)c3ccccc3)[C@H]3CCC12S3. The second kappa shape index (κ2) is 13.6. The highest BCUT2D eigenvalue weighted by atomic mass is 32.2. The number of carbonyl (C=O) groups excluding carboxylic acids is 3. The molecule has 2 unspecified atom stereocenters. The molecular formula is C33H47N3O4S. The first-order chi connectivity index (χ1) is 19.7. The molecule has 1 aromatic rings. The van der Waals surface area contributed by atoms with Gasteiger partial charge >= 0.3 is 0 Å². The number of hydrogen-bond acceptors (Lipinski definition) is 5. The molecule has 3 aliphatic heterocycles. The second-order valence-corrected chi connectivity index (χ2v) is 13.7. The molecule has 3 fully saturated rings. The highest BCUT2D eigenvalue weighted by Crippen LogP contribution is 2.67. The fourth-order valence-electron chi connectivity index (χ4n) is 7.28. The van der Waals surface area contributed by atoms with E-state index >= 15 is 0 Å². The molecule has 1 aromatic carbocycles. The van der Waals surface area contributed by atoms with Crippen molar-refractivity contribution in [3.8, 4) is 0 Å². The summed E-state index contributed by atoms with van der Waals surface area (Å²) in [6.07, 6.45) is 8.48. The van der Waals surface area contributed by atoms with Gasteiger partial charge in [0, 0.05) is 30.6 Å². The summed E-state index contributed by atoms with van der Waals surface area (Å²) in [4.78, 5) is 48.7. The Kier molecular flexibility index (Phi) is 10.4. The molecule has 8 heteroatoms. The summed E-state index contributed by atoms with van der Waals surface area (Å²) >= 11 is 1.68. The molecule has 6 atom stereocenters. The van der Waals surface area contributed by atoms with E-state index in [1.807, 2.05) is 35.2 Å². The van der Waals surface area contributed by atoms with E-state index in [0.717, 1.165) is 31.4 Å². The Morgan fingerprint density at radius 2 is 1.85 bits per heavy atom. The third-order valence-corrected chi connectivity index (χ3v) is 10.9. The number of hydrogen-bond donors (Lipinski definition) is 1. The Bertz CT molecular complexity index is 1110. The Hall–Kier alpha value is -2.58. The number of rotatable bonds is 15. The summed E-state index contributed by atoms with van der Waals surface area (Å²) in [5, 5.41) is 10.5. The van der Waals surface area contributed by atoms with Crippen LogP contribution in [0, 0.1) is 17.8 Å². The van der Waals surface area contributed by atoms with Crippen molar-refractivity contribution in [2.75, 3.05) is 31.1 Å². The minimum Gasteiger partial charge on any atom is -0.394 e. The number of nitrogens with zero attached hydrogens (tertiary/aromatic N) is 3. The average molecular weight is 582 g/mol. The molecule has 3 amide bonds. The van der Waals surface area contributed by atoms with Gasteiger partial charge in [0.2, 0.25) is 17.7 Å². The van der Waals surface area contributed by atoms with E-state index in [2.05, 4.69) is 33.9 Å². The molecule has 2 bridgehead atoms. The minimum atomic E-state index is -0.713. The van der Waals surface area contributed by atoms with Crippen molar-refractivity contribution in [1.82, 2.24) is 9.80 Å². The predicted molar refractivity (Wildman–Crippen MR) is 167 cm³/mol. The number of aliphatic hydroxyl groups excluding tert-OH is 1. The van der Waals surface area contributed by atoms with Gasteiger partial charge in [0.15, 0.2) is 0 Å². The van der Waals surface area contributed by atoms with Gasteiger partial charge in [-0.25, -0.2) is 0 Å². The number of amides is 3. The number of thioether (sulfide) groups is 1. The number of para-hydroxylation sites is 1. The van der Waals surface area contributed by atoms with Crippen molar-refractivity contribution in [3.63, 3.8) is 0 Å². The third-order valence-electron chi connectivity index (χ3n) is 8.94. The molecule has 0 saturated carbocycles. The lowest BCUT2D eigenvalue weighted by Gasteiger charge is -2.40. The average Bonchev–Trinajstić information content (AvgIpc) is 3.61. The van der Waals surface area contributed by atoms with Gasteiger partial charge in [0.1, 0.15) is 6.04 Å². The second-order valence-electron chi connectivity index (χ2n) is 12.1. The molecule has 7 nitrogen and oxygen atoms in total. The van der Waals surface area contributed by atoms with Gasteiger partial charge in [-0.15, -0.1) is 24.9 Å². The van der Waals surface area contributed by atoms with Crippen molar-refractivity contribution in [2.45, 2.75) is 81.4 Å². The molecule has 3 heterocycles. The number of carbonyl (C=O) groups is 3. The fourth-order valence-corrected chi connectivity index (χ4v) is 9.47. The van der Waals surface area contributed by atoms with Gasteiger partial charge in [-0.3, -0.25) is 14.4 Å². The van der Waals surface area contributed by atoms with Gasteiger partial charge in [0.05, 0.1) is 29.2 Å². The summed E-state index contributed by atoms with van der Waals surface area (Å²) in [6.45, 7) is 15.2. The first-order valence-electron chi connectivity index (χ1n) is 15.2. The molecule has 41 heavy (non-hydrogen) atoms. The first-order valence-corrected chi connectivity index (χ1v) is 16.1. The lowest BCUT2D eigenvalue weighted by Crippen LogP contribution is -2.57. The topological polar surface area (TPSA) is 81.2 Å². The Morgan fingerprint density at radius 3 is 2.46 bits per heavy atom. The van der Waals surface area contributed by atoms with Crippen LogP contribution in [0.4, 0.5) is 5.69 Å². The van der Waals surface area contributed by atoms with Crippen LogP contribution < -0.4 is 4.90 Å². The van der Waals surface area contributed by atoms with Crippen molar-refractivity contribution in [3.05, 3.63) is 55.6 Å². The molecule has 4 rings (SSSR count). The van der Waals surface area contributed by atoms with E-state index in [0.29, 0.717) is 32.5 Å². The van der Waals surface area contributed by atoms with Gasteiger partial charge in [-0.1, -0.05) is 64.0 Å². The minimum absolute atomic E-state index is 0.0319.